The van der Waals surface area contributed by atoms with E-state index in [0.29, 0.717) is 12.5 Å². The molecule has 0 unspecified atom stereocenters. The Hall–Kier alpha value is -4.03. The first-order valence-electron chi connectivity index (χ1n) is 13.8. The van der Waals surface area contributed by atoms with Crippen molar-refractivity contribution in [3.8, 4) is 0 Å². The molecule has 0 spiro atoms. The molecule has 5 aromatic rings. The summed E-state index contributed by atoms with van der Waals surface area (Å²) in [5, 5.41) is 8.10. The SMILES string of the molecule is Cc1ccc(CN2CCC(c3cc(NCc4cccnc4)n4ncc(C)c4n3)CC2)cc1.Cc1ccccc1. The number of hydrogen-bond donors (Lipinski definition) is 1. The standard InChI is InChI=1S/C26H30N6.C7H8/c1-19-5-7-21(8-6-19)18-31-12-9-23(10-13-31)24-14-25(28-17-22-4-3-11-27-16-22)32-26(30-24)20(2)15-29-32;1-7-5-3-2-4-6-7/h3-8,11,14-16,23,28H,9-10,12-13,17-18H2,1-2H3;2-6H,1H3. The fraction of sp³-hybridized carbons (Fsp3) is 0.303. The highest BCUT2D eigenvalue weighted by atomic mass is 15.3. The van der Waals surface area contributed by atoms with Gasteiger partial charge < -0.3 is 5.32 Å². The predicted molar refractivity (Wildman–Crippen MR) is 159 cm³/mol. The number of rotatable bonds is 6. The molecule has 1 aliphatic rings. The lowest BCUT2D eigenvalue weighted by Gasteiger charge is -2.32. The molecule has 3 aromatic heterocycles. The quantitative estimate of drug-likeness (QED) is 0.270. The van der Waals surface area contributed by atoms with Gasteiger partial charge in [0.1, 0.15) is 5.82 Å². The van der Waals surface area contributed by atoms with Crippen molar-refractivity contribution in [2.24, 2.45) is 0 Å². The Balaban J connectivity index is 0.000000384. The fourth-order valence-corrected chi connectivity index (χ4v) is 4.99. The smallest absolute Gasteiger partial charge is 0.160 e. The van der Waals surface area contributed by atoms with Crippen LogP contribution in [-0.4, -0.2) is 37.6 Å². The molecule has 1 N–H and O–H groups in total. The summed E-state index contributed by atoms with van der Waals surface area (Å²) < 4.78 is 1.92. The lowest BCUT2D eigenvalue weighted by atomic mass is 9.93. The lowest BCUT2D eigenvalue weighted by molar-refractivity contribution is 0.203. The number of nitrogens with one attached hydrogen (secondary N) is 1. The van der Waals surface area contributed by atoms with Gasteiger partial charge in [-0.05, 0) is 63.9 Å². The zero-order valence-electron chi connectivity index (χ0n) is 23.2. The van der Waals surface area contributed by atoms with Crippen molar-refractivity contribution in [1.82, 2.24) is 24.5 Å². The summed E-state index contributed by atoms with van der Waals surface area (Å²) >= 11 is 0. The number of likely N-dealkylation sites (tertiary alicyclic amines) is 1. The molecule has 6 nitrogen and oxygen atoms in total. The number of anilines is 1. The van der Waals surface area contributed by atoms with Crippen molar-refractivity contribution < 1.29 is 0 Å². The third kappa shape index (κ3) is 7.09. The van der Waals surface area contributed by atoms with Gasteiger partial charge in [-0.1, -0.05) is 71.8 Å². The molecule has 0 atom stereocenters. The molecular formula is C33H38N6. The van der Waals surface area contributed by atoms with Gasteiger partial charge in [0, 0.05) is 48.7 Å². The van der Waals surface area contributed by atoms with Crippen LogP contribution in [0.25, 0.3) is 5.65 Å². The number of nitrogens with zero attached hydrogens (tertiary/aromatic N) is 5. The summed E-state index contributed by atoms with van der Waals surface area (Å²) in [7, 11) is 0. The monoisotopic (exact) mass is 518 g/mol. The minimum Gasteiger partial charge on any atom is -0.366 e. The van der Waals surface area contributed by atoms with Gasteiger partial charge in [-0.15, -0.1) is 0 Å². The second-order valence-corrected chi connectivity index (χ2v) is 10.5. The molecule has 6 rings (SSSR count). The number of aromatic nitrogens is 4. The first-order valence-corrected chi connectivity index (χ1v) is 13.8. The van der Waals surface area contributed by atoms with E-state index in [4.69, 9.17) is 4.98 Å². The summed E-state index contributed by atoms with van der Waals surface area (Å²) in [5.74, 6) is 1.46. The molecule has 0 amide bonds. The number of aryl methyl sites for hydroxylation is 3. The van der Waals surface area contributed by atoms with Crippen LogP contribution in [-0.2, 0) is 13.1 Å². The Morgan fingerprint density at radius 2 is 1.56 bits per heavy atom. The van der Waals surface area contributed by atoms with Crippen LogP contribution < -0.4 is 5.32 Å². The molecule has 2 aromatic carbocycles. The van der Waals surface area contributed by atoms with Gasteiger partial charge in [-0.25, -0.2) is 4.98 Å². The highest BCUT2D eigenvalue weighted by molar-refractivity contribution is 5.54. The van der Waals surface area contributed by atoms with Crippen LogP contribution in [0.3, 0.4) is 0 Å². The highest BCUT2D eigenvalue weighted by Gasteiger charge is 2.23. The Morgan fingerprint density at radius 1 is 0.821 bits per heavy atom. The van der Waals surface area contributed by atoms with E-state index in [-0.39, 0.29) is 0 Å². The molecule has 1 saturated heterocycles. The minimum atomic E-state index is 0.475. The number of hydrogen-bond acceptors (Lipinski definition) is 5. The first kappa shape index (κ1) is 26.6. The largest absolute Gasteiger partial charge is 0.366 e. The summed E-state index contributed by atoms with van der Waals surface area (Å²) in [6, 6.07) is 25.4. The predicted octanol–water partition coefficient (Wildman–Crippen LogP) is 6.73. The summed E-state index contributed by atoms with van der Waals surface area (Å²) in [5.41, 5.74) is 8.40. The number of fused-ring (bicyclic) bond motifs is 1. The normalized spacial score (nSPS) is 14.1. The Labute approximate surface area is 231 Å². The van der Waals surface area contributed by atoms with Crippen LogP contribution in [0.15, 0.2) is 91.4 Å². The van der Waals surface area contributed by atoms with Gasteiger partial charge >= 0.3 is 0 Å². The summed E-state index contributed by atoms with van der Waals surface area (Å²) in [4.78, 5) is 11.8. The maximum Gasteiger partial charge on any atom is 0.160 e. The van der Waals surface area contributed by atoms with E-state index in [1.165, 1.54) is 22.4 Å². The van der Waals surface area contributed by atoms with Crippen LogP contribution in [0.1, 0.15) is 52.3 Å². The molecule has 1 fully saturated rings. The molecule has 6 heteroatoms. The molecule has 0 radical (unpaired) electrons. The highest BCUT2D eigenvalue weighted by Crippen LogP contribution is 2.30. The van der Waals surface area contributed by atoms with Gasteiger partial charge in [-0.3, -0.25) is 9.88 Å². The molecule has 0 aliphatic carbocycles. The number of piperidine rings is 1. The molecule has 0 bridgehead atoms. The van der Waals surface area contributed by atoms with Crippen LogP contribution in [0.2, 0.25) is 0 Å². The van der Waals surface area contributed by atoms with E-state index in [9.17, 15) is 0 Å². The number of pyridine rings is 1. The molecule has 39 heavy (non-hydrogen) atoms. The van der Waals surface area contributed by atoms with Crippen LogP contribution >= 0.6 is 0 Å². The van der Waals surface area contributed by atoms with Gasteiger partial charge in [-0.2, -0.15) is 9.61 Å². The maximum absolute atomic E-state index is 5.02. The van der Waals surface area contributed by atoms with Gasteiger partial charge in [0.05, 0.1) is 6.20 Å². The molecule has 4 heterocycles. The Bertz CT molecular complexity index is 1450. The van der Waals surface area contributed by atoms with Crippen molar-refractivity contribution in [2.75, 3.05) is 18.4 Å². The van der Waals surface area contributed by atoms with Crippen molar-refractivity contribution in [3.63, 3.8) is 0 Å². The average molecular weight is 519 g/mol. The van der Waals surface area contributed by atoms with E-state index < -0.39 is 0 Å². The third-order valence-corrected chi connectivity index (χ3v) is 7.34. The van der Waals surface area contributed by atoms with Crippen molar-refractivity contribution in [2.45, 2.75) is 52.6 Å². The third-order valence-electron chi connectivity index (χ3n) is 7.34. The van der Waals surface area contributed by atoms with E-state index in [1.807, 2.05) is 41.2 Å². The zero-order valence-corrected chi connectivity index (χ0v) is 23.2. The van der Waals surface area contributed by atoms with Crippen LogP contribution in [0.4, 0.5) is 5.82 Å². The molecule has 200 valence electrons. The van der Waals surface area contributed by atoms with Crippen molar-refractivity contribution in [3.05, 3.63) is 125 Å². The van der Waals surface area contributed by atoms with E-state index in [0.717, 1.165) is 55.1 Å². The summed E-state index contributed by atoms with van der Waals surface area (Å²) in [6.07, 6.45) is 7.85. The van der Waals surface area contributed by atoms with E-state index in [2.05, 4.69) is 89.6 Å². The average Bonchev–Trinajstić information content (AvgIpc) is 3.35. The Kier molecular flexibility index (Phi) is 8.64. The fourth-order valence-electron chi connectivity index (χ4n) is 4.99. The second-order valence-electron chi connectivity index (χ2n) is 10.5. The zero-order chi connectivity index (χ0) is 27.0. The van der Waals surface area contributed by atoms with Crippen molar-refractivity contribution >= 4 is 11.5 Å². The summed E-state index contributed by atoms with van der Waals surface area (Å²) in [6.45, 7) is 10.2. The molecule has 0 saturated carbocycles. The van der Waals surface area contributed by atoms with Gasteiger partial charge in [0.2, 0.25) is 0 Å². The topological polar surface area (TPSA) is 58.4 Å². The molecule has 1 aliphatic heterocycles. The first-order chi connectivity index (χ1) is 19.0. The Morgan fingerprint density at radius 3 is 2.23 bits per heavy atom. The van der Waals surface area contributed by atoms with Gasteiger partial charge in [0.25, 0.3) is 0 Å². The lowest BCUT2D eigenvalue weighted by Crippen LogP contribution is -2.32. The number of benzene rings is 2. The van der Waals surface area contributed by atoms with Crippen LogP contribution in [0, 0.1) is 20.8 Å². The minimum absolute atomic E-state index is 0.475. The second kappa shape index (κ2) is 12.7. The van der Waals surface area contributed by atoms with Crippen LogP contribution in [0.5, 0.6) is 0 Å². The van der Waals surface area contributed by atoms with Crippen molar-refractivity contribution in [1.29, 1.82) is 0 Å². The molecular weight excluding hydrogens is 480 g/mol. The van der Waals surface area contributed by atoms with E-state index in [1.54, 1.807) is 6.20 Å². The maximum atomic E-state index is 5.02. The van der Waals surface area contributed by atoms with Gasteiger partial charge in [0.15, 0.2) is 5.65 Å². The van der Waals surface area contributed by atoms with E-state index >= 15 is 0 Å².